The number of rotatable bonds is 26. The van der Waals surface area contributed by atoms with E-state index in [1.807, 2.05) is 55.5 Å². The molecule has 0 spiro atoms. The minimum Gasteiger partial charge on any atom is -0.493 e. The van der Waals surface area contributed by atoms with E-state index in [0.717, 1.165) is 75.7 Å². The Labute approximate surface area is 422 Å². The molecule has 5 atom stereocenters. The first kappa shape index (κ1) is 54.6. The van der Waals surface area contributed by atoms with Crippen molar-refractivity contribution >= 4 is 31.3 Å². The second kappa shape index (κ2) is 25.7. The zero-order valence-corrected chi connectivity index (χ0v) is 42.3. The highest BCUT2D eigenvalue weighted by atomic mass is 31.2. The van der Waals surface area contributed by atoms with Crippen molar-refractivity contribution in [3.8, 4) is 11.4 Å². The summed E-state index contributed by atoms with van der Waals surface area (Å²) in [4.78, 5) is 64.7. The maximum atomic E-state index is 15.1. The summed E-state index contributed by atoms with van der Waals surface area (Å²) in [7, 11) is -4.42. The first-order valence-corrected chi connectivity index (χ1v) is 26.3. The number of phosphoric ester groups is 1. The number of hydrogen-bond acceptors (Lipinski definition) is 15. The van der Waals surface area contributed by atoms with Crippen molar-refractivity contribution in [3.05, 3.63) is 113 Å². The molecular weight excluding hydrogens is 974 g/mol. The molecular formula is C50H65F2N8O12P. The van der Waals surface area contributed by atoms with E-state index in [2.05, 4.69) is 29.5 Å². The van der Waals surface area contributed by atoms with E-state index < -0.39 is 61.3 Å². The zero-order chi connectivity index (χ0) is 52.0. The quantitative estimate of drug-likeness (QED) is 0.0233. The van der Waals surface area contributed by atoms with Gasteiger partial charge in [-0.05, 0) is 87.2 Å². The lowest BCUT2D eigenvalue weighted by Crippen LogP contribution is -2.46. The van der Waals surface area contributed by atoms with E-state index in [-0.39, 0.29) is 31.1 Å². The van der Waals surface area contributed by atoms with Crippen LogP contribution in [0.4, 0.5) is 25.0 Å². The Balaban J connectivity index is 0.814. The molecule has 1 unspecified atom stereocenters. The SMILES string of the molecule is CC[C@@H]([C@H](C)OC(=O)OC(C)OC(=O)CCCCCCCCCOP(=O)(O)O)n1ncn(-c2ccc(N3CCN(c4ccc(OC[C@@H]5CO[C@@](Cn6cncn6)(c6ccc(F)cc6F)C5)cc4)CC3)cc2)c1=O. The van der Waals surface area contributed by atoms with Crippen molar-refractivity contribution < 1.29 is 60.9 Å². The molecule has 5 aromatic rings. The molecule has 2 fully saturated rings. The Hall–Kier alpha value is -6.19. The number of phosphoric acid groups is 1. The molecule has 73 heavy (non-hydrogen) atoms. The number of anilines is 2. The van der Waals surface area contributed by atoms with Crippen LogP contribution in [0.15, 0.2) is 90.5 Å². The Bertz CT molecular complexity index is 2640. The second-order valence-electron chi connectivity index (χ2n) is 18.4. The van der Waals surface area contributed by atoms with E-state index in [9.17, 15) is 23.3 Å². The maximum absolute atomic E-state index is 15.1. The average molecular weight is 1040 g/mol. The highest BCUT2D eigenvalue weighted by Crippen LogP contribution is 2.42. The standard InChI is InChI=1S/C50H65F2N8O12P/c1-4-46(36(2)70-49(63)72-37(3)71-47(61)12-10-8-6-5-7-9-11-27-69-73(64,65)66)60-48(62)59(35-55-60)42-16-14-40(15-17-42)56-23-25-57(26-24-56)41-18-20-43(21-19-41)67-30-38-29-50(68-31-38,32-58-34-53-33-54-58)44-22-13-39(51)28-45(44)52/h13-22,28,33-38,46H,4-12,23-27,29-32H2,1-3H3,(H2,64,65,66)/t36-,37?,38+,46-,50-/m0/s1. The number of ether oxygens (including phenoxy) is 5. The van der Waals surface area contributed by atoms with Crippen LogP contribution >= 0.6 is 7.82 Å². The number of nitrogens with zero attached hydrogens (tertiary/aromatic N) is 8. The van der Waals surface area contributed by atoms with Crippen LogP contribution in [-0.4, -0.2) is 109 Å². The van der Waals surface area contributed by atoms with Crippen molar-refractivity contribution in [2.45, 2.75) is 116 Å². The number of carbonyl (C=O) groups is 2. The molecule has 0 radical (unpaired) electrons. The van der Waals surface area contributed by atoms with Gasteiger partial charge in [-0.3, -0.25) is 9.32 Å². The number of piperazine rings is 1. The van der Waals surface area contributed by atoms with Crippen molar-refractivity contribution in [2.75, 3.05) is 55.8 Å². The third kappa shape index (κ3) is 15.4. The zero-order valence-electron chi connectivity index (χ0n) is 41.4. The normalized spacial score (nSPS) is 18.3. The van der Waals surface area contributed by atoms with E-state index in [1.54, 1.807) is 17.9 Å². The predicted molar refractivity (Wildman–Crippen MR) is 263 cm³/mol. The van der Waals surface area contributed by atoms with Gasteiger partial charge >= 0.3 is 25.6 Å². The van der Waals surface area contributed by atoms with Gasteiger partial charge in [-0.15, -0.1) is 0 Å². The molecule has 3 aromatic carbocycles. The predicted octanol–water partition coefficient (Wildman–Crippen LogP) is 7.85. The third-order valence-electron chi connectivity index (χ3n) is 13.1. The fourth-order valence-electron chi connectivity index (χ4n) is 9.33. The summed E-state index contributed by atoms with van der Waals surface area (Å²) in [6.45, 7) is 8.94. The lowest BCUT2D eigenvalue weighted by molar-refractivity contribution is -0.169. The van der Waals surface area contributed by atoms with Crippen LogP contribution in [0.25, 0.3) is 5.69 Å². The van der Waals surface area contributed by atoms with Crippen molar-refractivity contribution in [1.82, 2.24) is 29.1 Å². The van der Waals surface area contributed by atoms with Crippen LogP contribution in [0.1, 0.15) is 96.6 Å². The van der Waals surface area contributed by atoms with Gasteiger partial charge in [-0.25, -0.2) is 41.8 Å². The molecule has 396 valence electrons. The summed E-state index contributed by atoms with van der Waals surface area (Å²) >= 11 is 0. The van der Waals surface area contributed by atoms with Gasteiger partial charge in [0.1, 0.15) is 48.1 Å². The van der Waals surface area contributed by atoms with Crippen LogP contribution in [0.5, 0.6) is 5.75 Å². The van der Waals surface area contributed by atoms with Crippen LogP contribution < -0.4 is 20.2 Å². The summed E-state index contributed by atoms with van der Waals surface area (Å²) in [5.74, 6) is -1.19. The van der Waals surface area contributed by atoms with Crippen molar-refractivity contribution in [3.63, 3.8) is 0 Å². The van der Waals surface area contributed by atoms with Crippen LogP contribution in [0.3, 0.4) is 0 Å². The monoisotopic (exact) mass is 1040 g/mol. The molecule has 2 saturated heterocycles. The Kier molecular flexibility index (Phi) is 19.2. The lowest BCUT2D eigenvalue weighted by atomic mass is 9.87. The minimum absolute atomic E-state index is 0.0118. The van der Waals surface area contributed by atoms with Gasteiger partial charge in [0.2, 0.25) is 6.29 Å². The number of benzene rings is 3. The number of halogens is 2. The van der Waals surface area contributed by atoms with Crippen molar-refractivity contribution in [2.24, 2.45) is 5.92 Å². The Morgan fingerprint density at radius 1 is 0.836 bits per heavy atom. The topological polar surface area (TPSA) is 224 Å². The van der Waals surface area contributed by atoms with Gasteiger partial charge in [0.15, 0.2) is 0 Å². The fraction of sp³-hybridized carbons (Fsp3) is 0.520. The molecule has 2 aliphatic rings. The van der Waals surface area contributed by atoms with E-state index in [0.29, 0.717) is 50.3 Å². The molecule has 0 amide bonds. The van der Waals surface area contributed by atoms with E-state index in [4.69, 9.17) is 33.5 Å². The van der Waals surface area contributed by atoms with Gasteiger partial charge < -0.3 is 43.3 Å². The van der Waals surface area contributed by atoms with Crippen LogP contribution in [0, 0.1) is 17.6 Å². The molecule has 4 heterocycles. The molecule has 0 saturated carbocycles. The Morgan fingerprint density at radius 3 is 2.11 bits per heavy atom. The first-order valence-electron chi connectivity index (χ1n) is 24.8. The molecule has 23 heteroatoms. The summed E-state index contributed by atoms with van der Waals surface area (Å²) in [6, 6.07) is 18.6. The Morgan fingerprint density at radius 2 is 1.48 bits per heavy atom. The first-order chi connectivity index (χ1) is 35.1. The summed E-state index contributed by atoms with van der Waals surface area (Å²) in [5.41, 5.74) is 1.52. The lowest BCUT2D eigenvalue weighted by Gasteiger charge is -2.37. The highest BCUT2D eigenvalue weighted by molar-refractivity contribution is 7.46. The van der Waals surface area contributed by atoms with Gasteiger partial charge in [-0.2, -0.15) is 10.2 Å². The number of hydrogen-bond donors (Lipinski definition) is 2. The number of aromatic nitrogens is 6. The summed E-state index contributed by atoms with van der Waals surface area (Å²) in [6.07, 6.45) is 7.77. The molecule has 20 nitrogen and oxygen atoms in total. The van der Waals surface area contributed by atoms with E-state index >= 15 is 4.39 Å². The van der Waals surface area contributed by atoms with Crippen LogP contribution in [-0.2, 0) is 45.0 Å². The summed E-state index contributed by atoms with van der Waals surface area (Å²) < 4.78 is 76.7. The average Bonchev–Trinajstić information content (AvgIpc) is 4.12. The van der Waals surface area contributed by atoms with Gasteiger partial charge in [0.25, 0.3) is 0 Å². The van der Waals surface area contributed by atoms with Gasteiger partial charge in [0, 0.05) is 68.4 Å². The van der Waals surface area contributed by atoms with Gasteiger partial charge in [0.05, 0.1) is 38.1 Å². The maximum Gasteiger partial charge on any atom is 0.511 e. The van der Waals surface area contributed by atoms with E-state index in [1.165, 1.54) is 41.0 Å². The van der Waals surface area contributed by atoms with Crippen molar-refractivity contribution in [1.29, 1.82) is 0 Å². The smallest absolute Gasteiger partial charge is 0.493 e. The molecule has 0 bridgehead atoms. The molecule has 7 rings (SSSR count). The fourth-order valence-corrected chi connectivity index (χ4v) is 9.69. The second-order valence-corrected chi connectivity index (χ2v) is 19.6. The van der Waals surface area contributed by atoms with Gasteiger partial charge in [-0.1, -0.05) is 45.1 Å². The third-order valence-corrected chi connectivity index (χ3v) is 13.6. The largest absolute Gasteiger partial charge is 0.511 e. The number of carbonyl (C=O) groups excluding carboxylic acids is 2. The molecule has 2 aromatic heterocycles. The summed E-state index contributed by atoms with van der Waals surface area (Å²) in [5, 5.41) is 8.55. The molecule has 0 aliphatic carbocycles. The highest BCUT2D eigenvalue weighted by Gasteiger charge is 2.45. The number of unbranched alkanes of at least 4 members (excludes halogenated alkanes) is 6. The number of esters is 1. The molecule has 2 N–H and O–H groups in total. The minimum atomic E-state index is -4.42. The molecule has 2 aliphatic heterocycles. The van der Waals surface area contributed by atoms with Crippen LogP contribution in [0.2, 0.25) is 0 Å².